The first kappa shape index (κ1) is 13.9. The second kappa shape index (κ2) is 7.18. The van der Waals surface area contributed by atoms with Crippen LogP contribution in [0.1, 0.15) is 24.8 Å². The van der Waals surface area contributed by atoms with Crippen molar-refractivity contribution in [2.24, 2.45) is 5.73 Å². The number of benzene rings is 1. The predicted octanol–water partition coefficient (Wildman–Crippen LogP) is 1.86. The Bertz CT molecular complexity index is 440. The lowest BCUT2D eigenvalue weighted by Gasteiger charge is -2.34. The van der Waals surface area contributed by atoms with Crippen molar-refractivity contribution in [1.82, 2.24) is 4.90 Å². The van der Waals surface area contributed by atoms with E-state index in [2.05, 4.69) is 23.8 Å². The molecule has 1 aliphatic carbocycles. The summed E-state index contributed by atoms with van der Waals surface area (Å²) >= 11 is 0. The Morgan fingerprint density at radius 3 is 2.63 bits per heavy atom. The fourth-order valence-corrected chi connectivity index (χ4v) is 2.11. The summed E-state index contributed by atoms with van der Waals surface area (Å²) in [5, 5.41) is 0. The first-order valence-electron chi connectivity index (χ1n) is 6.91. The molecule has 1 fully saturated rings. The highest BCUT2D eigenvalue weighted by Gasteiger charge is 2.21. The number of hydrogen-bond acceptors (Lipinski definition) is 3. The van der Waals surface area contributed by atoms with Crippen molar-refractivity contribution in [3.63, 3.8) is 0 Å². The Labute approximate surface area is 115 Å². The number of nitrogens with zero attached hydrogens (tertiary/aromatic N) is 1. The van der Waals surface area contributed by atoms with E-state index in [-0.39, 0.29) is 0 Å². The van der Waals surface area contributed by atoms with Gasteiger partial charge in [-0.25, -0.2) is 0 Å². The third-order valence-electron chi connectivity index (χ3n) is 3.60. The molecule has 102 valence electrons. The molecular formula is C16H22N2O. The smallest absolute Gasteiger partial charge is 0.119 e. The van der Waals surface area contributed by atoms with E-state index in [9.17, 15) is 0 Å². The molecule has 1 saturated carbocycles. The number of likely N-dealkylation sites (N-methyl/N-ethyl adjacent to an activating group) is 1. The van der Waals surface area contributed by atoms with Crippen molar-refractivity contribution in [3.8, 4) is 17.6 Å². The van der Waals surface area contributed by atoms with Crippen LogP contribution in [-0.2, 0) is 0 Å². The predicted molar refractivity (Wildman–Crippen MR) is 78.1 cm³/mol. The van der Waals surface area contributed by atoms with Crippen LogP contribution >= 0.6 is 0 Å². The lowest BCUT2D eigenvalue weighted by atomic mass is 9.92. The van der Waals surface area contributed by atoms with Crippen molar-refractivity contribution in [3.05, 3.63) is 29.8 Å². The first-order chi connectivity index (χ1) is 9.29. The Morgan fingerprint density at radius 2 is 2.05 bits per heavy atom. The Hall–Kier alpha value is -1.50. The van der Waals surface area contributed by atoms with Crippen LogP contribution in [0.3, 0.4) is 0 Å². The average Bonchev–Trinajstić information content (AvgIpc) is 2.36. The lowest BCUT2D eigenvalue weighted by Crippen LogP contribution is -2.39. The zero-order valence-corrected chi connectivity index (χ0v) is 11.6. The molecule has 0 atom stereocenters. The number of hydrogen-bond donors (Lipinski definition) is 1. The zero-order valence-electron chi connectivity index (χ0n) is 11.6. The van der Waals surface area contributed by atoms with Crippen molar-refractivity contribution < 1.29 is 4.74 Å². The molecule has 0 radical (unpaired) electrons. The molecule has 3 nitrogen and oxygen atoms in total. The standard InChI is InChI=1S/C16H22N2O/c1-18(15-5-2-6-15)12-13-19-16-9-7-14(8-10-16)4-3-11-17/h7-10,15H,2,5-6,11-13,17H2,1H3. The Balaban J connectivity index is 1.73. The molecular weight excluding hydrogens is 236 g/mol. The van der Waals surface area contributed by atoms with Gasteiger partial charge in [0.15, 0.2) is 0 Å². The van der Waals surface area contributed by atoms with E-state index in [0.29, 0.717) is 6.54 Å². The Kier molecular flexibility index (Phi) is 5.26. The molecule has 0 aromatic heterocycles. The molecule has 19 heavy (non-hydrogen) atoms. The molecule has 3 heteroatoms. The minimum absolute atomic E-state index is 0.395. The van der Waals surface area contributed by atoms with Crippen LogP contribution in [0.25, 0.3) is 0 Å². The lowest BCUT2D eigenvalue weighted by molar-refractivity contribution is 0.135. The number of ether oxygens (including phenoxy) is 1. The summed E-state index contributed by atoms with van der Waals surface area (Å²) in [6.07, 6.45) is 4.05. The summed E-state index contributed by atoms with van der Waals surface area (Å²) in [6, 6.07) is 8.63. The van der Waals surface area contributed by atoms with Gasteiger partial charge in [-0.1, -0.05) is 18.3 Å². The highest BCUT2D eigenvalue weighted by molar-refractivity contribution is 5.38. The molecule has 0 amide bonds. The van der Waals surface area contributed by atoms with Gasteiger partial charge in [-0.15, -0.1) is 0 Å². The fourth-order valence-electron chi connectivity index (χ4n) is 2.11. The van der Waals surface area contributed by atoms with Crippen LogP contribution in [0.4, 0.5) is 0 Å². The molecule has 1 aliphatic rings. The molecule has 2 rings (SSSR count). The maximum atomic E-state index is 5.74. The summed E-state index contributed by atoms with van der Waals surface area (Å²) in [7, 11) is 2.18. The van der Waals surface area contributed by atoms with Gasteiger partial charge in [-0.2, -0.15) is 0 Å². The summed E-state index contributed by atoms with van der Waals surface area (Å²) in [4.78, 5) is 2.39. The van der Waals surface area contributed by atoms with Gasteiger partial charge in [0.25, 0.3) is 0 Å². The largest absolute Gasteiger partial charge is 0.492 e. The minimum atomic E-state index is 0.395. The van der Waals surface area contributed by atoms with Gasteiger partial charge in [-0.05, 0) is 44.2 Å². The first-order valence-corrected chi connectivity index (χ1v) is 6.91. The fraction of sp³-hybridized carbons (Fsp3) is 0.500. The molecule has 1 aromatic carbocycles. The van der Waals surface area contributed by atoms with Crippen molar-refractivity contribution in [1.29, 1.82) is 0 Å². The van der Waals surface area contributed by atoms with E-state index < -0.39 is 0 Å². The maximum absolute atomic E-state index is 5.74. The van der Waals surface area contributed by atoms with Crippen molar-refractivity contribution >= 4 is 0 Å². The van der Waals surface area contributed by atoms with Gasteiger partial charge in [0.05, 0.1) is 6.54 Å². The molecule has 0 aliphatic heterocycles. The summed E-state index contributed by atoms with van der Waals surface area (Å²) in [5.41, 5.74) is 6.31. The third-order valence-corrected chi connectivity index (χ3v) is 3.60. The van der Waals surface area contributed by atoms with Gasteiger partial charge in [0, 0.05) is 18.2 Å². The molecule has 0 bridgehead atoms. The van der Waals surface area contributed by atoms with Crippen LogP contribution in [0.2, 0.25) is 0 Å². The van der Waals surface area contributed by atoms with Crippen LogP contribution in [-0.4, -0.2) is 37.7 Å². The number of rotatable bonds is 5. The zero-order chi connectivity index (χ0) is 13.5. The Morgan fingerprint density at radius 1 is 1.32 bits per heavy atom. The minimum Gasteiger partial charge on any atom is -0.492 e. The topological polar surface area (TPSA) is 38.5 Å². The van der Waals surface area contributed by atoms with Gasteiger partial charge < -0.3 is 15.4 Å². The average molecular weight is 258 g/mol. The highest BCUT2D eigenvalue weighted by Crippen LogP contribution is 2.23. The van der Waals surface area contributed by atoms with Crippen LogP contribution < -0.4 is 10.5 Å². The van der Waals surface area contributed by atoms with E-state index in [0.717, 1.165) is 30.5 Å². The molecule has 2 N–H and O–H groups in total. The second-order valence-electron chi connectivity index (χ2n) is 4.94. The van der Waals surface area contributed by atoms with E-state index in [4.69, 9.17) is 10.5 Å². The van der Waals surface area contributed by atoms with E-state index in [1.807, 2.05) is 24.3 Å². The van der Waals surface area contributed by atoms with Crippen molar-refractivity contribution in [2.75, 3.05) is 26.7 Å². The van der Waals surface area contributed by atoms with Gasteiger partial charge >= 0.3 is 0 Å². The van der Waals surface area contributed by atoms with Gasteiger partial charge in [0.2, 0.25) is 0 Å². The second-order valence-corrected chi connectivity index (χ2v) is 4.94. The molecule has 0 saturated heterocycles. The van der Waals surface area contributed by atoms with Gasteiger partial charge in [-0.3, -0.25) is 0 Å². The molecule has 0 spiro atoms. The summed E-state index contributed by atoms with van der Waals surface area (Å²) in [6.45, 7) is 2.12. The van der Waals surface area contributed by atoms with E-state index >= 15 is 0 Å². The monoisotopic (exact) mass is 258 g/mol. The van der Waals surface area contributed by atoms with Crippen molar-refractivity contribution in [2.45, 2.75) is 25.3 Å². The quantitative estimate of drug-likeness (QED) is 0.819. The molecule has 1 aromatic rings. The van der Waals surface area contributed by atoms with Crippen LogP contribution in [0.15, 0.2) is 24.3 Å². The van der Waals surface area contributed by atoms with Crippen LogP contribution in [0, 0.1) is 11.8 Å². The summed E-state index contributed by atoms with van der Waals surface area (Å²) < 4.78 is 5.74. The van der Waals surface area contributed by atoms with E-state index in [1.165, 1.54) is 19.3 Å². The molecule has 0 unspecified atom stereocenters. The molecule has 0 heterocycles. The summed E-state index contributed by atoms with van der Waals surface area (Å²) in [5.74, 6) is 6.74. The normalized spacial score (nSPS) is 14.7. The highest BCUT2D eigenvalue weighted by atomic mass is 16.5. The van der Waals surface area contributed by atoms with Gasteiger partial charge in [0.1, 0.15) is 12.4 Å². The number of nitrogens with two attached hydrogens (primary N) is 1. The third kappa shape index (κ3) is 4.27. The maximum Gasteiger partial charge on any atom is 0.119 e. The van der Waals surface area contributed by atoms with E-state index in [1.54, 1.807) is 0 Å². The SMILES string of the molecule is CN(CCOc1ccc(C#CCN)cc1)C1CCC1. The van der Waals surface area contributed by atoms with Crippen LogP contribution in [0.5, 0.6) is 5.75 Å².